The molecule has 0 aliphatic rings. The minimum Gasteiger partial charge on any atom is -0.171 e. The van der Waals surface area contributed by atoms with Gasteiger partial charge in [0, 0.05) is 9.86 Å². The zero-order valence-electron chi connectivity index (χ0n) is 7.64. The molecule has 1 aromatic carbocycles. The molecule has 6 heteroatoms. The first-order valence-electron chi connectivity index (χ1n) is 4.11. The van der Waals surface area contributed by atoms with Crippen LogP contribution in [-0.2, 0) is 6.30 Å². The van der Waals surface area contributed by atoms with Gasteiger partial charge >= 0.3 is 6.30 Å². The lowest BCUT2D eigenvalue weighted by Crippen LogP contribution is -2.17. The lowest BCUT2D eigenvalue weighted by Gasteiger charge is -2.06. The van der Waals surface area contributed by atoms with Crippen LogP contribution in [0.4, 0.5) is 13.2 Å². The first-order valence-corrected chi connectivity index (χ1v) is 4.91. The van der Waals surface area contributed by atoms with Crippen LogP contribution in [0.1, 0.15) is 5.69 Å². The number of hydrogen-bond acceptors (Lipinski definition) is 1. The van der Waals surface area contributed by atoms with Crippen LogP contribution in [0.25, 0.3) is 10.9 Å². The fourth-order valence-corrected chi connectivity index (χ4v) is 1.79. The number of nitrogens with zero attached hydrogens (tertiary/aromatic N) is 2. The summed E-state index contributed by atoms with van der Waals surface area (Å²) in [6.07, 6.45) is -4.47. The summed E-state index contributed by atoms with van der Waals surface area (Å²) in [4.78, 5) is 0. The lowest BCUT2D eigenvalue weighted by atomic mass is 10.2. The van der Waals surface area contributed by atoms with Crippen LogP contribution in [0.3, 0.4) is 0 Å². The van der Waals surface area contributed by atoms with Gasteiger partial charge in [0.15, 0.2) is 0 Å². The molecule has 0 unspecified atom stereocenters. The summed E-state index contributed by atoms with van der Waals surface area (Å²) in [6, 6.07) is 4.58. The molecule has 0 aliphatic heterocycles. The summed E-state index contributed by atoms with van der Waals surface area (Å²) in [6.45, 7) is 1.55. The SMILES string of the molecule is Cc1nn(C(F)(F)F)c2ccc(Br)cc12. The Morgan fingerprint density at radius 3 is 2.60 bits per heavy atom. The minimum absolute atomic E-state index is 0.0724. The maximum Gasteiger partial charge on any atom is 0.505 e. The molecule has 0 aliphatic carbocycles. The van der Waals surface area contributed by atoms with Crippen molar-refractivity contribution in [1.29, 1.82) is 0 Å². The molecular weight excluding hydrogens is 273 g/mol. The number of fused-ring (bicyclic) bond motifs is 1. The Hall–Kier alpha value is -1.04. The van der Waals surface area contributed by atoms with Gasteiger partial charge in [-0.15, -0.1) is 13.2 Å². The van der Waals surface area contributed by atoms with Crippen LogP contribution in [0.15, 0.2) is 22.7 Å². The highest BCUT2D eigenvalue weighted by Gasteiger charge is 2.33. The summed E-state index contributed by atoms with van der Waals surface area (Å²) in [5.74, 6) is 0. The third-order valence-electron chi connectivity index (χ3n) is 2.07. The van der Waals surface area contributed by atoms with Crippen LogP contribution in [0.2, 0.25) is 0 Å². The van der Waals surface area contributed by atoms with E-state index < -0.39 is 6.30 Å². The van der Waals surface area contributed by atoms with Gasteiger partial charge < -0.3 is 0 Å². The van der Waals surface area contributed by atoms with Gasteiger partial charge in [0.1, 0.15) is 0 Å². The zero-order valence-corrected chi connectivity index (χ0v) is 9.22. The Morgan fingerprint density at radius 1 is 1.33 bits per heavy atom. The Balaban J connectivity index is 2.79. The molecule has 80 valence electrons. The molecule has 15 heavy (non-hydrogen) atoms. The third-order valence-corrected chi connectivity index (χ3v) is 2.56. The second kappa shape index (κ2) is 3.23. The number of aromatic nitrogens is 2. The number of hydrogen-bond donors (Lipinski definition) is 0. The largest absolute Gasteiger partial charge is 0.505 e. The maximum absolute atomic E-state index is 12.5. The van der Waals surface area contributed by atoms with Gasteiger partial charge in [-0.1, -0.05) is 15.9 Å². The normalized spacial score (nSPS) is 12.3. The van der Waals surface area contributed by atoms with Crippen molar-refractivity contribution in [3.63, 3.8) is 0 Å². The van der Waals surface area contributed by atoms with Crippen molar-refractivity contribution in [2.24, 2.45) is 0 Å². The topological polar surface area (TPSA) is 17.8 Å². The molecule has 0 saturated heterocycles. The number of rotatable bonds is 0. The van der Waals surface area contributed by atoms with Crippen molar-refractivity contribution in [2.45, 2.75) is 13.2 Å². The minimum atomic E-state index is -4.47. The van der Waals surface area contributed by atoms with E-state index in [-0.39, 0.29) is 10.2 Å². The zero-order chi connectivity index (χ0) is 11.2. The van der Waals surface area contributed by atoms with Gasteiger partial charge in [0.05, 0.1) is 11.2 Å². The highest BCUT2D eigenvalue weighted by atomic mass is 79.9. The molecule has 0 amide bonds. The summed E-state index contributed by atoms with van der Waals surface area (Å²) in [7, 11) is 0. The molecule has 2 aromatic rings. The van der Waals surface area contributed by atoms with Crippen molar-refractivity contribution >= 4 is 26.8 Å². The van der Waals surface area contributed by atoms with Gasteiger partial charge in [-0.25, -0.2) is 0 Å². The molecule has 1 heterocycles. The fourth-order valence-electron chi connectivity index (χ4n) is 1.43. The Morgan fingerprint density at radius 2 is 2.00 bits per heavy atom. The molecule has 1 aromatic heterocycles. The van der Waals surface area contributed by atoms with Gasteiger partial charge in [-0.2, -0.15) is 9.78 Å². The highest BCUT2D eigenvalue weighted by molar-refractivity contribution is 9.10. The molecule has 0 spiro atoms. The molecule has 0 atom stereocenters. The second-order valence-electron chi connectivity index (χ2n) is 3.13. The van der Waals surface area contributed by atoms with Crippen molar-refractivity contribution in [3.8, 4) is 0 Å². The standard InChI is InChI=1S/C9H6BrF3N2/c1-5-7-4-6(10)2-3-8(7)15(14-5)9(11,12)13/h2-4H,1H3. The van der Waals surface area contributed by atoms with E-state index in [1.165, 1.54) is 6.07 Å². The van der Waals surface area contributed by atoms with Crippen molar-refractivity contribution < 1.29 is 13.2 Å². The maximum atomic E-state index is 12.5. The van der Waals surface area contributed by atoms with Crippen LogP contribution >= 0.6 is 15.9 Å². The smallest absolute Gasteiger partial charge is 0.171 e. The molecule has 0 radical (unpaired) electrons. The summed E-state index contributed by atoms with van der Waals surface area (Å²) >= 11 is 3.21. The number of halogens is 4. The van der Waals surface area contributed by atoms with Crippen LogP contribution in [0.5, 0.6) is 0 Å². The van der Waals surface area contributed by atoms with Crippen molar-refractivity contribution in [2.75, 3.05) is 0 Å². The molecule has 0 fully saturated rings. The van der Waals surface area contributed by atoms with Crippen molar-refractivity contribution in [1.82, 2.24) is 9.78 Å². The molecule has 2 rings (SSSR count). The lowest BCUT2D eigenvalue weighted by molar-refractivity contribution is -0.209. The molecule has 0 saturated carbocycles. The molecule has 0 bridgehead atoms. The molecule has 2 nitrogen and oxygen atoms in total. The Bertz CT molecular complexity index is 516. The Labute approximate surface area is 91.8 Å². The fraction of sp³-hybridized carbons (Fsp3) is 0.222. The third kappa shape index (κ3) is 1.73. The van der Waals surface area contributed by atoms with E-state index in [0.717, 1.165) is 4.47 Å². The number of aryl methyl sites for hydroxylation is 1. The first kappa shape index (κ1) is 10.5. The van der Waals surface area contributed by atoms with E-state index >= 15 is 0 Å². The van der Waals surface area contributed by atoms with Crippen molar-refractivity contribution in [3.05, 3.63) is 28.4 Å². The summed E-state index contributed by atoms with van der Waals surface area (Å²) in [5.41, 5.74) is 0.437. The van der Waals surface area contributed by atoms with Crippen LogP contribution < -0.4 is 0 Å². The Kier molecular flexibility index (Phi) is 2.26. The molecule has 0 N–H and O–H groups in total. The first-order chi connectivity index (χ1) is 6.89. The average Bonchev–Trinajstić information content (AvgIpc) is 2.43. The van der Waals surface area contributed by atoms with E-state index in [1.54, 1.807) is 19.1 Å². The van der Waals surface area contributed by atoms with Gasteiger partial charge in [-0.3, -0.25) is 0 Å². The molecular formula is C9H6BrF3N2. The van der Waals surface area contributed by atoms with E-state index in [9.17, 15) is 13.2 Å². The second-order valence-corrected chi connectivity index (χ2v) is 4.04. The van der Waals surface area contributed by atoms with E-state index in [0.29, 0.717) is 11.1 Å². The van der Waals surface area contributed by atoms with E-state index in [4.69, 9.17) is 0 Å². The van der Waals surface area contributed by atoms with Gasteiger partial charge in [0.25, 0.3) is 0 Å². The average molecular weight is 279 g/mol. The summed E-state index contributed by atoms with van der Waals surface area (Å²) in [5, 5.41) is 3.97. The van der Waals surface area contributed by atoms with Gasteiger partial charge in [-0.05, 0) is 25.1 Å². The van der Waals surface area contributed by atoms with Crippen LogP contribution in [0, 0.1) is 6.92 Å². The van der Waals surface area contributed by atoms with E-state index in [1.807, 2.05) is 0 Å². The van der Waals surface area contributed by atoms with E-state index in [2.05, 4.69) is 21.0 Å². The summed E-state index contributed by atoms with van der Waals surface area (Å²) < 4.78 is 38.4. The van der Waals surface area contributed by atoms with Gasteiger partial charge in [0.2, 0.25) is 0 Å². The number of benzene rings is 1. The predicted octanol–water partition coefficient (Wildman–Crippen LogP) is 3.58. The monoisotopic (exact) mass is 278 g/mol. The highest BCUT2D eigenvalue weighted by Crippen LogP contribution is 2.30. The van der Waals surface area contributed by atoms with Crippen LogP contribution in [-0.4, -0.2) is 9.78 Å². The predicted molar refractivity (Wildman–Crippen MR) is 53.5 cm³/mol. The quantitative estimate of drug-likeness (QED) is 0.720. The number of alkyl halides is 3.